The van der Waals surface area contributed by atoms with Crippen molar-refractivity contribution < 1.29 is 13.2 Å². The Morgan fingerprint density at radius 1 is 1.06 bits per heavy atom. The van der Waals surface area contributed by atoms with Gasteiger partial charge in [0, 0.05) is 24.5 Å². The summed E-state index contributed by atoms with van der Waals surface area (Å²) in [6.07, 6.45) is 7.07. The summed E-state index contributed by atoms with van der Waals surface area (Å²) in [7, 11) is -3.61. The molecule has 1 aliphatic heterocycles. The van der Waals surface area contributed by atoms with Gasteiger partial charge in [-0.05, 0) is 68.2 Å². The fraction of sp³-hybridized carbons (Fsp3) is 0.483. The Bertz CT molecular complexity index is 1060. The van der Waals surface area contributed by atoms with Gasteiger partial charge in [0.25, 0.3) is 0 Å². The van der Waals surface area contributed by atoms with Gasteiger partial charge in [0.05, 0.1) is 6.04 Å². The van der Waals surface area contributed by atoms with Gasteiger partial charge in [0.2, 0.25) is 15.9 Å². The molecule has 1 heterocycles. The molecule has 7 heteroatoms. The van der Waals surface area contributed by atoms with Crippen molar-refractivity contribution in [2.45, 2.75) is 64.5 Å². The van der Waals surface area contributed by atoms with Crippen LogP contribution in [0.25, 0.3) is 6.08 Å². The van der Waals surface area contributed by atoms with Crippen molar-refractivity contribution in [3.63, 3.8) is 0 Å². The third kappa shape index (κ3) is 9.88. The number of amides is 1. The number of hydrogen-bond acceptors (Lipinski definition) is 4. The quantitative estimate of drug-likeness (QED) is 0.364. The third-order valence-electron chi connectivity index (χ3n) is 6.48. The largest absolute Gasteiger partial charge is 0.355 e. The van der Waals surface area contributed by atoms with Crippen LogP contribution in [-0.2, 0) is 21.2 Å². The molecule has 2 N–H and O–H groups in total. The predicted molar refractivity (Wildman–Crippen MR) is 148 cm³/mol. The molecule has 0 aliphatic carbocycles. The van der Waals surface area contributed by atoms with Crippen LogP contribution >= 0.6 is 0 Å². The molecule has 36 heavy (non-hydrogen) atoms. The van der Waals surface area contributed by atoms with E-state index in [2.05, 4.69) is 53.1 Å². The summed E-state index contributed by atoms with van der Waals surface area (Å²) in [5, 5.41) is 4.35. The zero-order valence-electron chi connectivity index (χ0n) is 21.6. The van der Waals surface area contributed by atoms with Crippen LogP contribution in [-0.4, -0.2) is 50.9 Å². The number of sulfonamides is 1. The summed E-state index contributed by atoms with van der Waals surface area (Å²) in [5.74, 6) is 0.387. The lowest BCUT2D eigenvalue weighted by molar-refractivity contribution is -0.125. The number of carbonyl (C=O) groups is 1. The van der Waals surface area contributed by atoms with Crippen LogP contribution < -0.4 is 10.0 Å². The lowest BCUT2D eigenvalue weighted by Crippen LogP contribution is -2.49. The first-order valence-corrected chi connectivity index (χ1v) is 14.7. The second kappa shape index (κ2) is 14.3. The smallest absolute Gasteiger partial charge is 0.237 e. The summed E-state index contributed by atoms with van der Waals surface area (Å²) in [6, 6.07) is 19.3. The minimum Gasteiger partial charge on any atom is -0.355 e. The standard InChI is InChI=1S/C29H41N3O3S/c1-24(2)22-27(31-36(34,35)21-18-26-14-7-4-8-15-26)23-32-20-11-17-28(32)29(33)30-19-10-9-16-25-12-5-3-6-13-25/h3-8,12-15,18,21,24,27-28,31H,9-11,16-17,19-20,22-23H2,1-2H3,(H,30,33)/b21-18+/t27?,28-/m0/s1. The van der Waals surface area contributed by atoms with E-state index in [0.29, 0.717) is 25.4 Å². The molecule has 0 radical (unpaired) electrons. The molecule has 196 valence electrons. The molecule has 2 atom stereocenters. The lowest BCUT2D eigenvalue weighted by Gasteiger charge is -2.29. The molecule has 1 saturated heterocycles. The van der Waals surface area contributed by atoms with Crippen LogP contribution in [0, 0.1) is 5.92 Å². The Balaban J connectivity index is 1.50. The van der Waals surface area contributed by atoms with E-state index in [-0.39, 0.29) is 18.0 Å². The van der Waals surface area contributed by atoms with Crippen molar-refractivity contribution in [1.82, 2.24) is 14.9 Å². The van der Waals surface area contributed by atoms with Crippen molar-refractivity contribution in [2.75, 3.05) is 19.6 Å². The molecule has 1 amide bonds. The number of nitrogens with zero attached hydrogens (tertiary/aromatic N) is 1. The Labute approximate surface area is 217 Å². The monoisotopic (exact) mass is 511 g/mol. The molecule has 2 aromatic carbocycles. The minimum absolute atomic E-state index is 0.0577. The molecule has 3 rings (SSSR count). The zero-order chi connectivity index (χ0) is 25.8. The number of likely N-dealkylation sites (tertiary alicyclic amines) is 1. The number of carbonyl (C=O) groups excluding carboxylic acids is 1. The van der Waals surface area contributed by atoms with Crippen molar-refractivity contribution in [3.8, 4) is 0 Å². The number of nitrogens with one attached hydrogen (secondary N) is 2. The Kier molecular flexibility index (Phi) is 11.2. The highest BCUT2D eigenvalue weighted by molar-refractivity contribution is 7.92. The van der Waals surface area contributed by atoms with Crippen LogP contribution in [0.1, 0.15) is 57.1 Å². The van der Waals surface area contributed by atoms with Gasteiger partial charge in [0.1, 0.15) is 0 Å². The summed E-state index contributed by atoms with van der Waals surface area (Å²) in [4.78, 5) is 15.1. The third-order valence-corrected chi connectivity index (χ3v) is 7.64. The molecule has 1 aliphatic rings. The second-order valence-electron chi connectivity index (χ2n) is 10.1. The maximum Gasteiger partial charge on any atom is 0.237 e. The molecule has 1 unspecified atom stereocenters. The zero-order valence-corrected chi connectivity index (χ0v) is 22.4. The Morgan fingerprint density at radius 2 is 1.75 bits per heavy atom. The van der Waals surface area contributed by atoms with Crippen LogP contribution in [0.2, 0.25) is 0 Å². The topological polar surface area (TPSA) is 78.5 Å². The first-order valence-electron chi connectivity index (χ1n) is 13.1. The molecule has 0 saturated carbocycles. The Hall–Kier alpha value is -2.48. The van der Waals surface area contributed by atoms with E-state index in [1.54, 1.807) is 6.08 Å². The van der Waals surface area contributed by atoms with E-state index in [1.165, 1.54) is 11.0 Å². The first-order chi connectivity index (χ1) is 17.3. The van der Waals surface area contributed by atoms with Gasteiger partial charge in [-0.1, -0.05) is 74.5 Å². The molecular weight excluding hydrogens is 470 g/mol. The predicted octanol–water partition coefficient (Wildman–Crippen LogP) is 4.59. The Morgan fingerprint density at radius 3 is 2.44 bits per heavy atom. The van der Waals surface area contributed by atoms with Gasteiger partial charge in [-0.25, -0.2) is 13.1 Å². The molecule has 6 nitrogen and oxygen atoms in total. The number of hydrogen-bond donors (Lipinski definition) is 2. The molecule has 1 fully saturated rings. The first kappa shape index (κ1) is 28.1. The van der Waals surface area contributed by atoms with Gasteiger partial charge < -0.3 is 5.32 Å². The van der Waals surface area contributed by atoms with Gasteiger partial charge in [-0.2, -0.15) is 0 Å². The van der Waals surface area contributed by atoms with Gasteiger partial charge >= 0.3 is 0 Å². The molecule has 0 spiro atoms. The van der Waals surface area contributed by atoms with Crippen LogP contribution in [0.4, 0.5) is 0 Å². The molecular formula is C29H41N3O3S. The van der Waals surface area contributed by atoms with Crippen molar-refractivity contribution >= 4 is 22.0 Å². The molecule has 0 aromatic heterocycles. The van der Waals surface area contributed by atoms with E-state index < -0.39 is 10.0 Å². The van der Waals surface area contributed by atoms with E-state index in [4.69, 9.17) is 0 Å². The fourth-order valence-corrected chi connectivity index (χ4v) is 5.84. The average Bonchev–Trinajstić information content (AvgIpc) is 3.31. The van der Waals surface area contributed by atoms with E-state index in [9.17, 15) is 13.2 Å². The van der Waals surface area contributed by atoms with Crippen molar-refractivity contribution in [1.29, 1.82) is 0 Å². The molecule has 0 bridgehead atoms. The summed E-state index contributed by atoms with van der Waals surface area (Å²) in [6.45, 7) is 6.18. The summed E-state index contributed by atoms with van der Waals surface area (Å²) in [5.41, 5.74) is 2.16. The van der Waals surface area contributed by atoms with E-state index in [0.717, 1.165) is 44.2 Å². The van der Waals surface area contributed by atoms with Crippen LogP contribution in [0.3, 0.4) is 0 Å². The number of rotatable bonds is 14. The highest BCUT2D eigenvalue weighted by atomic mass is 32.2. The average molecular weight is 512 g/mol. The van der Waals surface area contributed by atoms with E-state index >= 15 is 0 Å². The highest BCUT2D eigenvalue weighted by Gasteiger charge is 2.32. The van der Waals surface area contributed by atoms with Gasteiger partial charge in [-0.15, -0.1) is 0 Å². The number of benzene rings is 2. The number of unbranched alkanes of at least 4 members (excludes halogenated alkanes) is 1. The van der Waals surface area contributed by atoms with Gasteiger partial charge in [-0.3, -0.25) is 9.69 Å². The normalized spacial score (nSPS) is 17.6. The highest BCUT2D eigenvalue weighted by Crippen LogP contribution is 2.20. The fourth-order valence-electron chi connectivity index (χ4n) is 4.79. The van der Waals surface area contributed by atoms with Crippen LogP contribution in [0.5, 0.6) is 0 Å². The minimum atomic E-state index is -3.61. The van der Waals surface area contributed by atoms with Crippen molar-refractivity contribution in [3.05, 3.63) is 77.2 Å². The molecule has 2 aromatic rings. The number of aryl methyl sites for hydroxylation is 1. The lowest BCUT2D eigenvalue weighted by atomic mass is 10.0. The maximum atomic E-state index is 12.9. The van der Waals surface area contributed by atoms with Gasteiger partial charge in [0.15, 0.2) is 0 Å². The SMILES string of the molecule is CC(C)CC(CN1CCC[C@H]1C(=O)NCCCCc1ccccc1)NS(=O)(=O)/C=C/c1ccccc1. The van der Waals surface area contributed by atoms with Crippen molar-refractivity contribution in [2.24, 2.45) is 5.92 Å². The summed E-state index contributed by atoms with van der Waals surface area (Å²) < 4.78 is 28.5. The van der Waals surface area contributed by atoms with E-state index in [1.807, 2.05) is 36.4 Å². The second-order valence-corrected chi connectivity index (χ2v) is 11.7. The summed E-state index contributed by atoms with van der Waals surface area (Å²) >= 11 is 0. The van der Waals surface area contributed by atoms with Crippen LogP contribution in [0.15, 0.2) is 66.1 Å². The maximum absolute atomic E-state index is 12.9.